The average Bonchev–Trinajstić information content (AvgIpc) is 3.28. The number of pyridine rings is 1. The van der Waals surface area contributed by atoms with Gasteiger partial charge in [-0.05, 0) is 49.9 Å². The molecule has 0 atom stereocenters. The van der Waals surface area contributed by atoms with Gasteiger partial charge < -0.3 is 10.2 Å². The molecular weight excluding hydrogens is 378 g/mol. The molecule has 4 rings (SSSR count). The van der Waals surface area contributed by atoms with Gasteiger partial charge in [-0.2, -0.15) is 0 Å². The van der Waals surface area contributed by atoms with E-state index >= 15 is 0 Å². The summed E-state index contributed by atoms with van der Waals surface area (Å²) in [4.78, 5) is 40.4. The number of aromatic nitrogens is 1. The molecule has 1 aromatic heterocycles. The van der Waals surface area contributed by atoms with Crippen LogP contribution >= 0.6 is 0 Å². The number of aryl methyl sites for hydroxylation is 1. The molecule has 0 saturated carbocycles. The number of hydrogen-bond donors (Lipinski definition) is 1. The average molecular weight is 403 g/mol. The summed E-state index contributed by atoms with van der Waals surface area (Å²) in [5.74, 6) is -0.401. The number of benzene rings is 2. The minimum absolute atomic E-state index is 0.118. The molecule has 2 heterocycles. The zero-order valence-corrected chi connectivity index (χ0v) is 17.3. The van der Waals surface area contributed by atoms with Crippen molar-refractivity contribution in [3.8, 4) is 0 Å². The maximum Gasteiger partial charge on any atom is 0.254 e. The monoisotopic (exact) mass is 403 g/mol. The van der Waals surface area contributed by atoms with Crippen molar-refractivity contribution in [2.24, 2.45) is 0 Å². The third-order valence-corrected chi connectivity index (χ3v) is 5.82. The summed E-state index contributed by atoms with van der Waals surface area (Å²) >= 11 is 0. The number of nitrogens with zero attached hydrogens (tertiary/aromatic N) is 2. The fraction of sp³-hybridized carbons (Fsp3) is 0.292. The van der Waals surface area contributed by atoms with Gasteiger partial charge in [-0.1, -0.05) is 30.3 Å². The van der Waals surface area contributed by atoms with Crippen LogP contribution in [0.3, 0.4) is 0 Å². The smallest absolute Gasteiger partial charge is 0.254 e. The van der Waals surface area contributed by atoms with Gasteiger partial charge in [0.25, 0.3) is 11.5 Å². The molecule has 0 spiro atoms. The minimum atomic E-state index is -0.354. The maximum atomic E-state index is 13.0. The van der Waals surface area contributed by atoms with E-state index in [1.165, 1.54) is 10.6 Å². The summed E-state index contributed by atoms with van der Waals surface area (Å²) in [6, 6.07) is 14.4. The van der Waals surface area contributed by atoms with Gasteiger partial charge in [-0.15, -0.1) is 0 Å². The molecular formula is C24H25N3O3. The van der Waals surface area contributed by atoms with Gasteiger partial charge in [0.05, 0.1) is 11.1 Å². The predicted octanol–water partition coefficient (Wildman–Crippen LogP) is 3.49. The van der Waals surface area contributed by atoms with Gasteiger partial charge in [0, 0.05) is 30.2 Å². The van der Waals surface area contributed by atoms with Crippen LogP contribution in [0.15, 0.2) is 53.3 Å². The molecule has 0 aliphatic carbocycles. The Morgan fingerprint density at radius 3 is 2.50 bits per heavy atom. The lowest BCUT2D eigenvalue weighted by Crippen LogP contribution is -2.32. The van der Waals surface area contributed by atoms with Crippen LogP contribution in [0, 0.1) is 13.8 Å². The zero-order valence-electron chi connectivity index (χ0n) is 17.3. The Balaban J connectivity index is 1.68. The number of fused-ring (bicyclic) bond motifs is 1. The van der Waals surface area contributed by atoms with Gasteiger partial charge in [0.2, 0.25) is 5.91 Å². The lowest BCUT2D eigenvalue weighted by Gasteiger charge is -2.18. The summed E-state index contributed by atoms with van der Waals surface area (Å²) in [7, 11) is 0. The molecule has 2 aromatic carbocycles. The molecule has 0 unspecified atom stereocenters. The number of carbonyl (C=O) groups is 2. The molecule has 1 N–H and O–H groups in total. The van der Waals surface area contributed by atoms with Crippen LogP contribution in [-0.4, -0.2) is 34.4 Å². The number of nitrogens with one attached hydrogen (secondary N) is 1. The number of carbonyl (C=O) groups excluding carboxylic acids is 2. The van der Waals surface area contributed by atoms with Crippen molar-refractivity contribution in [3.05, 3.63) is 75.6 Å². The van der Waals surface area contributed by atoms with E-state index in [2.05, 4.69) is 5.32 Å². The molecule has 0 bridgehead atoms. The van der Waals surface area contributed by atoms with E-state index in [1.807, 2.05) is 50.2 Å². The number of hydrogen-bond acceptors (Lipinski definition) is 3. The summed E-state index contributed by atoms with van der Waals surface area (Å²) < 4.78 is 1.43. The van der Waals surface area contributed by atoms with E-state index in [4.69, 9.17) is 0 Å². The minimum Gasteiger partial charge on any atom is -0.339 e. The van der Waals surface area contributed by atoms with Crippen LogP contribution in [0.1, 0.15) is 34.3 Å². The first-order chi connectivity index (χ1) is 14.5. The van der Waals surface area contributed by atoms with Crippen molar-refractivity contribution >= 4 is 28.4 Å². The molecule has 1 fully saturated rings. The Bertz CT molecular complexity index is 1190. The lowest BCUT2D eigenvalue weighted by atomic mass is 10.1. The summed E-state index contributed by atoms with van der Waals surface area (Å²) in [5, 5.41) is 3.59. The molecule has 1 aliphatic rings. The largest absolute Gasteiger partial charge is 0.339 e. The Morgan fingerprint density at radius 2 is 1.73 bits per heavy atom. The second kappa shape index (κ2) is 8.14. The van der Waals surface area contributed by atoms with E-state index in [0.717, 1.165) is 29.7 Å². The maximum absolute atomic E-state index is 13.0. The fourth-order valence-corrected chi connectivity index (χ4v) is 3.99. The molecule has 1 saturated heterocycles. The second-order valence-corrected chi connectivity index (χ2v) is 7.79. The topological polar surface area (TPSA) is 71.4 Å². The standard InChI is InChI=1S/C24H25N3O3/c1-16-8-7-10-20(17(16)2)25-22(28)15-27-21-11-4-3-9-18(21)19(14-23(27)29)24(30)26-12-5-6-13-26/h3-4,7-11,14H,5-6,12-13,15H2,1-2H3,(H,25,28). The van der Waals surface area contributed by atoms with Crippen molar-refractivity contribution in [2.75, 3.05) is 18.4 Å². The molecule has 1 aliphatic heterocycles. The van der Waals surface area contributed by atoms with Gasteiger partial charge in [0.15, 0.2) is 0 Å². The van der Waals surface area contributed by atoms with E-state index in [1.54, 1.807) is 11.0 Å². The van der Waals surface area contributed by atoms with Gasteiger partial charge in [-0.3, -0.25) is 19.0 Å². The highest BCUT2D eigenvalue weighted by Crippen LogP contribution is 2.21. The van der Waals surface area contributed by atoms with E-state index in [9.17, 15) is 14.4 Å². The first-order valence-corrected chi connectivity index (χ1v) is 10.2. The van der Waals surface area contributed by atoms with Crippen LogP contribution in [0.5, 0.6) is 0 Å². The van der Waals surface area contributed by atoms with E-state index < -0.39 is 0 Å². The lowest BCUT2D eigenvalue weighted by molar-refractivity contribution is -0.116. The molecule has 0 radical (unpaired) electrons. The number of anilines is 1. The SMILES string of the molecule is Cc1cccc(NC(=O)Cn2c(=O)cc(C(=O)N3CCCC3)c3ccccc32)c1C. The van der Waals surface area contributed by atoms with E-state index in [0.29, 0.717) is 29.6 Å². The van der Waals surface area contributed by atoms with Gasteiger partial charge >= 0.3 is 0 Å². The summed E-state index contributed by atoms with van der Waals surface area (Å²) in [5.41, 5.74) is 3.45. The number of rotatable bonds is 4. The number of amides is 2. The number of likely N-dealkylation sites (tertiary alicyclic amines) is 1. The number of para-hydroxylation sites is 1. The Kier molecular flexibility index (Phi) is 5.40. The molecule has 154 valence electrons. The van der Waals surface area contributed by atoms with Crippen molar-refractivity contribution < 1.29 is 9.59 Å². The van der Waals surface area contributed by atoms with Crippen LogP contribution in [0.25, 0.3) is 10.9 Å². The fourth-order valence-electron chi connectivity index (χ4n) is 3.99. The third-order valence-electron chi connectivity index (χ3n) is 5.82. The van der Waals surface area contributed by atoms with Crippen LogP contribution in [0.2, 0.25) is 0 Å². The molecule has 6 nitrogen and oxygen atoms in total. The van der Waals surface area contributed by atoms with Gasteiger partial charge in [0.1, 0.15) is 6.54 Å². The van der Waals surface area contributed by atoms with Crippen molar-refractivity contribution in [3.63, 3.8) is 0 Å². The highest BCUT2D eigenvalue weighted by molar-refractivity contribution is 6.06. The van der Waals surface area contributed by atoms with E-state index in [-0.39, 0.29) is 23.9 Å². The molecule has 6 heteroatoms. The van der Waals surface area contributed by atoms with Crippen molar-refractivity contribution in [2.45, 2.75) is 33.2 Å². The third kappa shape index (κ3) is 3.73. The molecule has 3 aromatic rings. The predicted molar refractivity (Wildman–Crippen MR) is 118 cm³/mol. The second-order valence-electron chi connectivity index (χ2n) is 7.79. The normalized spacial score (nSPS) is 13.6. The summed E-state index contributed by atoms with van der Waals surface area (Å²) in [6.07, 6.45) is 1.97. The Morgan fingerprint density at radius 1 is 1.00 bits per heavy atom. The van der Waals surface area contributed by atoms with Gasteiger partial charge in [-0.25, -0.2) is 0 Å². The van der Waals surface area contributed by atoms with Crippen molar-refractivity contribution in [1.29, 1.82) is 0 Å². The van der Waals surface area contributed by atoms with Crippen molar-refractivity contribution in [1.82, 2.24) is 9.47 Å². The highest BCUT2D eigenvalue weighted by atomic mass is 16.2. The first kappa shape index (κ1) is 19.9. The van der Waals surface area contributed by atoms with Crippen LogP contribution in [0.4, 0.5) is 5.69 Å². The van der Waals surface area contributed by atoms with Crippen LogP contribution < -0.4 is 10.9 Å². The highest BCUT2D eigenvalue weighted by Gasteiger charge is 2.23. The quantitative estimate of drug-likeness (QED) is 0.725. The Labute approximate surface area is 175 Å². The first-order valence-electron chi connectivity index (χ1n) is 10.2. The van der Waals surface area contributed by atoms with Crippen LogP contribution in [-0.2, 0) is 11.3 Å². The Hall–Kier alpha value is -3.41. The zero-order chi connectivity index (χ0) is 21.3. The molecule has 2 amide bonds. The summed E-state index contributed by atoms with van der Waals surface area (Å²) in [6.45, 7) is 5.25. The molecule has 30 heavy (non-hydrogen) atoms.